The molecule has 1 fully saturated rings. The molecule has 0 radical (unpaired) electrons. The van der Waals surface area contributed by atoms with E-state index in [1.165, 1.54) is 6.42 Å². The van der Waals surface area contributed by atoms with Gasteiger partial charge in [-0.3, -0.25) is 0 Å². The third kappa shape index (κ3) is 2.87. The average Bonchev–Trinajstić information content (AvgIpc) is 2.06. The van der Waals surface area contributed by atoms with Crippen molar-refractivity contribution in [3.05, 3.63) is 0 Å². The van der Waals surface area contributed by atoms with E-state index in [0.717, 1.165) is 19.4 Å². The van der Waals surface area contributed by atoms with Gasteiger partial charge in [-0.25, -0.2) is 0 Å². The maximum Gasteiger partial charge on any atom is 0.0952 e. The Kier molecular flexibility index (Phi) is 3.34. The van der Waals surface area contributed by atoms with Crippen LogP contribution in [0.5, 0.6) is 0 Å². The highest BCUT2D eigenvalue weighted by Crippen LogP contribution is 2.16. The molecule has 0 aromatic carbocycles. The maximum absolute atomic E-state index is 8.43. The topological polar surface area (TPSA) is 59.0 Å². The minimum absolute atomic E-state index is 0.235. The van der Waals surface area contributed by atoms with Crippen molar-refractivity contribution in [1.82, 2.24) is 0 Å². The first-order chi connectivity index (χ1) is 5.33. The molecule has 1 saturated heterocycles. The molecule has 0 amide bonds. The summed E-state index contributed by atoms with van der Waals surface area (Å²) >= 11 is 0. The lowest BCUT2D eigenvalue weighted by atomic mass is 10.0. The molecule has 0 aromatic heterocycles. The molecule has 62 valence electrons. The molecule has 0 bridgehead atoms. The number of ether oxygens (including phenoxy) is 1. The Morgan fingerprint density at radius 2 is 2.45 bits per heavy atom. The molecule has 3 nitrogen and oxygen atoms in total. The van der Waals surface area contributed by atoms with Gasteiger partial charge in [-0.1, -0.05) is 0 Å². The summed E-state index contributed by atoms with van der Waals surface area (Å²) in [6.45, 7) is 0.836. The lowest BCUT2D eigenvalue weighted by Crippen LogP contribution is -2.28. The fourth-order valence-electron chi connectivity index (χ4n) is 1.33. The summed E-state index contributed by atoms with van der Waals surface area (Å²) in [6, 6.07) is 1.66. The fraction of sp³-hybridized carbons (Fsp3) is 0.875. The Balaban J connectivity index is 2.20. The molecular weight excluding hydrogens is 140 g/mol. The van der Waals surface area contributed by atoms with Gasteiger partial charge in [0, 0.05) is 13.0 Å². The Morgan fingerprint density at radius 1 is 1.64 bits per heavy atom. The Bertz CT molecular complexity index is 147. The van der Waals surface area contributed by atoms with Crippen LogP contribution >= 0.6 is 0 Å². The molecule has 0 saturated carbocycles. The van der Waals surface area contributed by atoms with Crippen LogP contribution in [0.3, 0.4) is 0 Å². The minimum Gasteiger partial charge on any atom is -0.378 e. The first-order valence-electron chi connectivity index (χ1n) is 4.09. The first kappa shape index (κ1) is 8.51. The zero-order chi connectivity index (χ0) is 8.10. The predicted molar refractivity (Wildman–Crippen MR) is 41.8 cm³/mol. The second-order valence-corrected chi connectivity index (χ2v) is 2.96. The standard InChI is InChI=1S/C8H14N2O/c9-6-7(10)5-8-3-1-2-4-11-8/h7-8H,1-5,10H2/t7-,8-/m1/s1. The Labute approximate surface area is 67.1 Å². The van der Waals surface area contributed by atoms with E-state index in [0.29, 0.717) is 6.42 Å². The lowest BCUT2D eigenvalue weighted by Gasteiger charge is -2.22. The third-order valence-corrected chi connectivity index (χ3v) is 1.96. The van der Waals surface area contributed by atoms with Gasteiger partial charge < -0.3 is 10.5 Å². The second-order valence-electron chi connectivity index (χ2n) is 2.96. The molecule has 1 aliphatic heterocycles. The van der Waals surface area contributed by atoms with Crippen molar-refractivity contribution in [2.24, 2.45) is 5.73 Å². The van der Waals surface area contributed by atoms with Gasteiger partial charge in [0.1, 0.15) is 0 Å². The van der Waals surface area contributed by atoms with Gasteiger partial charge in [0.2, 0.25) is 0 Å². The Morgan fingerprint density at radius 3 is 3.00 bits per heavy atom. The summed E-state index contributed by atoms with van der Waals surface area (Å²) in [5.41, 5.74) is 5.46. The van der Waals surface area contributed by atoms with Gasteiger partial charge in [-0.15, -0.1) is 0 Å². The lowest BCUT2D eigenvalue weighted by molar-refractivity contribution is 0.00997. The van der Waals surface area contributed by atoms with Crippen molar-refractivity contribution < 1.29 is 4.74 Å². The summed E-state index contributed by atoms with van der Waals surface area (Å²) < 4.78 is 5.42. The minimum atomic E-state index is -0.349. The third-order valence-electron chi connectivity index (χ3n) is 1.96. The highest BCUT2D eigenvalue weighted by molar-refractivity contribution is 4.88. The first-order valence-corrected chi connectivity index (χ1v) is 4.09. The summed E-state index contributed by atoms with van der Waals surface area (Å²) in [5.74, 6) is 0. The van der Waals surface area contributed by atoms with Crippen LogP contribution in [-0.4, -0.2) is 18.8 Å². The van der Waals surface area contributed by atoms with Crippen LogP contribution in [0.25, 0.3) is 0 Å². The smallest absolute Gasteiger partial charge is 0.0952 e. The SMILES string of the molecule is N#C[C@H](N)C[C@H]1CCCCO1. The number of nitriles is 1. The monoisotopic (exact) mass is 154 g/mol. The normalized spacial score (nSPS) is 27.5. The number of hydrogen-bond acceptors (Lipinski definition) is 3. The van der Waals surface area contributed by atoms with Gasteiger partial charge in [-0.2, -0.15) is 5.26 Å². The van der Waals surface area contributed by atoms with E-state index in [2.05, 4.69) is 0 Å². The highest BCUT2D eigenvalue weighted by atomic mass is 16.5. The van der Waals surface area contributed by atoms with Gasteiger partial charge in [-0.05, 0) is 19.3 Å². The summed E-state index contributed by atoms with van der Waals surface area (Å²) in [5, 5.41) is 8.43. The molecule has 1 heterocycles. The largest absolute Gasteiger partial charge is 0.378 e. The summed E-state index contributed by atoms with van der Waals surface area (Å²) in [6.07, 6.45) is 4.35. The number of nitrogens with two attached hydrogens (primary N) is 1. The molecule has 1 aliphatic rings. The van der Waals surface area contributed by atoms with E-state index in [1.807, 2.05) is 6.07 Å². The van der Waals surface area contributed by atoms with E-state index < -0.39 is 0 Å². The van der Waals surface area contributed by atoms with Crippen LogP contribution in [0.4, 0.5) is 0 Å². The molecule has 0 spiro atoms. The molecule has 3 heteroatoms. The van der Waals surface area contributed by atoms with Gasteiger partial charge >= 0.3 is 0 Å². The molecule has 11 heavy (non-hydrogen) atoms. The van der Waals surface area contributed by atoms with Crippen molar-refractivity contribution in [3.63, 3.8) is 0 Å². The number of hydrogen-bond donors (Lipinski definition) is 1. The van der Waals surface area contributed by atoms with Crippen LogP contribution in [-0.2, 0) is 4.74 Å². The quantitative estimate of drug-likeness (QED) is 0.640. The predicted octanol–water partition coefficient (Wildman–Crippen LogP) is 0.796. The molecular formula is C8H14N2O. The summed E-state index contributed by atoms with van der Waals surface area (Å²) in [7, 11) is 0. The van der Waals surface area contributed by atoms with Crippen LogP contribution in [0.2, 0.25) is 0 Å². The van der Waals surface area contributed by atoms with E-state index >= 15 is 0 Å². The molecule has 2 atom stereocenters. The number of rotatable bonds is 2. The maximum atomic E-state index is 8.43. The van der Waals surface area contributed by atoms with Crippen molar-refractivity contribution in [2.45, 2.75) is 37.8 Å². The highest BCUT2D eigenvalue weighted by Gasteiger charge is 2.16. The van der Waals surface area contributed by atoms with Crippen LogP contribution in [0.1, 0.15) is 25.7 Å². The van der Waals surface area contributed by atoms with Crippen LogP contribution < -0.4 is 5.73 Å². The Hall–Kier alpha value is -0.590. The van der Waals surface area contributed by atoms with Gasteiger partial charge in [0.05, 0.1) is 18.2 Å². The van der Waals surface area contributed by atoms with E-state index in [1.54, 1.807) is 0 Å². The van der Waals surface area contributed by atoms with Crippen molar-refractivity contribution in [1.29, 1.82) is 5.26 Å². The fourth-order valence-corrected chi connectivity index (χ4v) is 1.33. The zero-order valence-corrected chi connectivity index (χ0v) is 6.62. The molecule has 2 N–H and O–H groups in total. The molecule has 0 aliphatic carbocycles. The van der Waals surface area contributed by atoms with Crippen molar-refractivity contribution in [3.8, 4) is 6.07 Å². The second kappa shape index (κ2) is 4.32. The summed E-state index contributed by atoms with van der Waals surface area (Å²) in [4.78, 5) is 0. The molecule has 0 aromatic rings. The van der Waals surface area contributed by atoms with Crippen LogP contribution in [0.15, 0.2) is 0 Å². The van der Waals surface area contributed by atoms with Gasteiger partial charge in [0.25, 0.3) is 0 Å². The van der Waals surface area contributed by atoms with Crippen molar-refractivity contribution >= 4 is 0 Å². The number of nitrogens with zero attached hydrogens (tertiary/aromatic N) is 1. The average molecular weight is 154 g/mol. The zero-order valence-electron chi connectivity index (χ0n) is 6.62. The molecule has 1 rings (SSSR count). The van der Waals surface area contributed by atoms with Crippen LogP contribution in [0, 0.1) is 11.3 Å². The van der Waals surface area contributed by atoms with E-state index in [4.69, 9.17) is 15.7 Å². The van der Waals surface area contributed by atoms with E-state index in [-0.39, 0.29) is 12.1 Å². The molecule has 0 unspecified atom stereocenters. The van der Waals surface area contributed by atoms with Crippen molar-refractivity contribution in [2.75, 3.05) is 6.61 Å². The van der Waals surface area contributed by atoms with E-state index in [9.17, 15) is 0 Å². The van der Waals surface area contributed by atoms with Gasteiger partial charge in [0.15, 0.2) is 0 Å².